The summed E-state index contributed by atoms with van der Waals surface area (Å²) in [6.45, 7) is 17.4. The molecule has 0 saturated carbocycles. The summed E-state index contributed by atoms with van der Waals surface area (Å²) in [6, 6.07) is 0. The monoisotopic (exact) mass is 242 g/mol. The Morgan fingerprint density at radius 1 is 1.06 bits per heavy atom. The number of hydrogen-bond donors (Lipinski definition) is 1. The Balaban J connectivity index is 0. The molecule has 0 spiro atoms. The third kappa shape index (κ3) is 11.6. The van der Waals surface area contributed by atoms with Crippen molar-refractivity contribution in [3.63, 3.8) is 0 Å². The van der Waals surface area contributed by atoms with Gasteiger partial charge >= 0.3 is 0 Å². The first kappa shape index (κ1) is 18.7. The number of rotatable bonds is 5. The van der Waals surface area contributed by atoms with E-state index in [-0.39, 0.29) is 11.2 Å². The molecule has 0 aliphatic rings. The molecule has 0 rings (SSSR count). The van der Waals surface area contributed by atoms with Crippen LogP contribution in [0.3, 0.4) is 0 Å². The molecule has 0 aromatic rings. The van der Waals surface area contributed by atoms with Gasteiger partial charge in [0, 0.05) is 17.5 Å². The van der Waals surface area contributed by atoms with Gasteiger partial charge in [-0.15, -0.1) is 0 Å². The van der Waals surface area contributed by atoms with Gasteiger partial charge in [0.25, 0.3) is 0 Å². The number of nitrogens with zero attached hydrogens (tertiary/aromatic N) is 1. The summed E-state index contributed by atoms with van der Waals surface area (Å²) in [5.41, 5.74) is 0.155. The van der Waals surface area contributed by atoms with Gasteiger partial charge in [-0.3, -0.25) is 4.79 Å². The van der Waals surface area contributed by atoms with Crippen LogP contribution in [0.5, 0.6) is 0 Å². The number of carbonyl (C=O) groups excluding carboxylic acids is 1. The van der Waals surface area contributed by atoms with Crippen LogP contribution >= 0.6 is 0 Å². The number of Topliss-reactive ketones (excluding diaryl/α,β-unsaturated/α-hetero) is 1. The zero-order chi connectivity index (χ0) is 14.1. The summed E-state index contributed by atoms with van der Waals surface area (Å²) in [4.78, 5) is 13.5. The Bertz CT molecular complexity index is 219. The lowest BCUT2D eigenvalue weighted by Crippen LogP contribution is -2.21. The second-order valence-electron chi connectivity index (χ2n) is 5.25. The Morgan fingerprint density at radius 2 is 1.41 bits per heavy atom. The minimum absolute atomic E-state index is 0.139. The highest BCUT2D eigenvalue weighted by atomic mass is 16.1. The van der Waals surface area contributed by atoms with Gasteiger partial charge in [0.2, 0.25) is 0 Å². The molecule has 102 valence electrons. The fraction of sp³-hybridized carbons (Fsp3) is 0.857. The van der Waals surface area contributed by atoms with Crippen LogP contribution in [0.25, 0.3) is 0 Å². The average molecular weight is 242 g/mol. The van der Waals surface area contributed by atoms with E-state index in [2.05, 4.69) is 25.7 Å². The van der Waals surface area contributed by atoms with E-state index in [4.69, 9.17) is 5.41 Å². The molecule has 0 aliphatic carbocycles. The van der Waals surface area contributed by atoms with Crippen molar-refractivity contribution in [2.24, 2.45) is 5.41 Å². The molecule has 0 unspecified atom stereocenters. The highest BCUT2D eigenvalue weighted by molar-refractivity contribution is 6.01. The summed E-state index contributed by atoms with van der Waals surface area (Å²) < 4.78 is 0. The predicted octanol–water partition coefficient (Wildman–Crippen LogP) is 3.38. The number of carbonyl (C=O) groups is 1. The van der Waals surface area contributed by atoms with Crippen molar-refractivity contribution in [1.29, 1.82) is 5.41 Å². The number of ketones is 1. The SMILES string of the molecule is CC(=N)CC(=O)C(C)(C)C.CCN(CC)CC. The minimum Gasteiger partial charge on any atom is -0.310 e. The third-order valence-electron chi connectivity index (χ3n) is 2.60. The van der Waals surface area contributed by atoms with Gasteiger partial charge in [-0.2, -0.15) is 0 Å². The first-order valence-electron chi connectivity index (χ1n) is 6.48. The molecule has 0 heterocycles. The highest BCUT2D eigenvalue weighted by Crippen LogP contribution is 2.16. The van der Waals surface area contributed by atoms with Crippen LogP contribution in [0.15, 0.2) is 0 Å². The van der Waals surface area contributed by atoms with Gasteiger partial charge in [0.05, 0.1) is 0 Å². The van der Waals surface area contributed by atoms with Crippen LogP contribution in [0, 0.1) is 10.8 Å². The molecule has 0 fully saturated rings. The second-order valence-corrected chi connectivity index (χ2v) is 5.25. The van der Waals surface area contributed by atoms with E-state index < -0.39 is 0 Å². The number of hydrogen-bond acceptors (Lipinski definition) is 3. The normalized spacial score (nSPS) is 10.8. The maximum atomic E-state index is 11.1. The van der Waals surface area contributed by atoms with E-state index >= 15 is 0 Å². The van der Waals surface area contributed by atoms with E-state index in [1.54, 1.807) is 6.92 Å². The predicted molar refractivity (Wildman–Crippen MR) is 75.9 cm³/mol. The van der Waals surface area contributed by atoms with Crippen molar-refractivity contribution in [1.82, 2.24) is 4.90 Å². The Hall–Kier alpha value is -0.700. The summed E-state index contributed by atoms with van der Waals surface area (Å²) in [5, 5.41) is 7.08. The van der Waals surface area contributed by atoms with Crippen molar-refractivity contribution in [3.8, 4) is 0 Å². The molecule has 0 bridgehead atoms. The molecule has 0 amide bonds. The molecular weight excluding hydrogens is 212 g/mol. The fourth-order valence-electron chi connectivity index (χ4n) is 1.18. The smallest absolute Gasteiger partial charge is 0.143 e. The first-order chi connectivity index (χ1) is 7.68. The quantitative estimate of drug-likeness (QED) is 0.751. The molecule has 0 atom stereocenters. The van der Waals surface area contributed by atoms with Crippen LogP contribution in [0.1, 0.15) is 54.9 Å². The van der Waals surface area contributed by atoms with Crippen LogP contribution < -0.4 is 0 Å². The van der Waals surface area contributed by atoms with Gasteiger partial charge in [-0.05, 0) is 26.6 Å². The summed E-state index contributed by atoms with van der Waals surface area (Å²) >= 11 is 0. The van der Waals surface area contributed by atoms with E-state index in [0.717, 1.165) is 0 Å². The highest BCUT2D eigenvalue weighted by Gasteiger charge is 2.20. The Labute approximate surface area is 107 Å². The van der Waals surface area contributed by atoms with Crippen molar-refractivity contribution in [2.45, 2.75) is 54.9 Å². The number of nitrogens with one attached hydrogen (secondary N) is 1. The standard InChI is InChI=1S/C8H15NO.C6H15N/c1-6(9)5-7(10)8(2,3)4;1-4-7(5-2)6-3/h9H,5H2,1-4H3;4-6H2,1-3H3. The van der Waals surface area contributed by atoms with Gasteiger partial charge in [0.1, 0.15) is 5.78 Å². The zero-order valence-electron chi connectivity index (χ0n) is 12.7. The molecule has 1 N–H and O–H groups in total. The first-order valence-corrected chi connectivity index (χ1v) is 6.48. The maximum Gasteiger partial charge on any atom is 0.143 e. The Morgan fingerprint density at radius 3 is 1.47 bits per heavy atom. The molecule has 0 aromatic heterocycles. The van der Waals surface area contributed by atoms with E-state index in [0.29, 0.717) is 12.1 Å². The topological polar surface area (TPSA) is 44.2 Å². The average Bonchev–Trinajstić information content (AvgIpc) is 2.19. The van der Waals surface area contributed by atoms with E-state index in [1.807, 2.05) is 20.8 Å². The molecule has 0 aromatic carbocycles. The Kier molecular flexibility index (Phi) is 10.3. The molecule has 0 radical (unpaired) electrons. The van der Waals surface area contributed by atoms with Crippen molar-refractivity contribution in [3.05, 3.63) is 0 Å². The molecule has 3 nitrogen and oxygen atoms in total. The zero-order valence-corrected chi connectivity index (χ0v) is 12.7. The summed E-state index contributed by atoms with van der Waals surface area (Å²) in [5.74, 6) is 0.139. The molecule has 3 heteroatoms. The third-order valence-corrected chi connectivity index (χ3v) is 2.60. The molecule has 0 aliphatic heterocycles. The van der Waals surface area contributed by atoms with Crippen LogP contribution in [-0.2, 0) is 4.79 Å². The largest absolute Gasteiger partial charge is 0.310 e. The van der Waals surface area contributed by atoms with Gasteiger partial charge < -0.3 is 10.3 Å². The summed E-state index contributed by atoms with van der Waals surface area (Å²) in [6.07, 6.45) is 0.295. The second kappa shape index (κ2) is 9.34. The van der Waals surface area contributed by atoms with Crippen molar-refractivity contribution >= 4 is 11.5 Å². The lowest BCUT2D eigenvalue weighted by Gasteiger charge is -2.15. The van der Waals surface area contributed by atoms with Gasteiger partial charge in [-0.25, -0.2) is 0 Å². The maximum absolute atomic E-state index is 11.1. The summed E-state index contributed by atoms with van der Waals surface area (Å²) in [7, 11) is 0. The van der Waals surface area contributed by atoms with Crippen molar-refractivity contribution in [2.75, 3.05) is 19.6 Å². The van der Waals surface area contributed by atoms with Crippen LogP contribution in [0.2, 0.25) is 0 Å². The minimum atomic E-state index is -0.289. The molecule has 0 saturated heterocycles. The van der Waals surface area contributed by atoms with Crippen LogP contribution in [0.4, 0.5) is 0 Å². The van der Waals surface area contributed by atoms with E-state index in [9.17, 15) is 4.79 Å². The van der Waals surface area contributed by atoms with Gasteiger partial charge in [0.15, 0.2) is 0 Å². The van der Waals surface area contributed by atoms with Crippen LogP contribution in [-0.4, -0.2) is 36.0 Å². The fourth-order valence-corrected chi connectivity index (χ4v) is 1.18. The molecular formula is C14H30N2O. The molecule has 17 heavy (non-hydrogen) atoms. The van der Waals surface area contributed by atoms with E-state index in [1.165, 1.54) is 19.6 Å². The van der Waals surface area contributed by atoms with Gasteiger partial charge in [-0.1, -0.05) is 41.5 Å². The lowest BCUT2D eigenvalue weighted by molar-refractivity contribution is -0.125. The van der Waals surface area contributed by atoms with Crippen molar-refractivity contribution < 1.29 is 4.79 Å². The lowest BCUT2D eigenvalue weighted by atomic mass is 9.88.